The fraction of sp³-hybridized carbons (Fsp3) is 0.375. The van der Waals surface area contributed by atoms with E-state index in [1.165, 1.54) is 0 Å². The van der Waals surface area contributed by atoms with Gasteiger partial charge in [-0.25, -0.2) is 4.79 Å². The Balaban J connectivity index is 1.50. The lowest BCUT2D eigenvalue weighted by Gasteiger charge is -2.34. The minimum Gasteiger partial charge on any atom is -0.493 e. The third-order valence-corrected chi connectivity index (χ3v) is 5.40. The van der Waals surface area contributed by atoms with E-state index in [9.17, 15) is 9.90 Å². The van der Waals surface area contributed by atoms with Crippen molar-refractivity contribution in [3.63, 3.8) is 0 Å². The highest BCUT2D eigenvalue weighted by molar-refractivity contribution is 5.74. The zero-order valence-electron chi connectivity index (χ0n) is 17.2. The van der Waals surface area contributed by atoms with Crippen molar-refractivity contribution < 1.29 is 19.4 Å². The molecule has 1 saturated heterocycles. The molecule has 1 atom stereocenters. The summed E-state index contributed by atoms with van der Waals surface area (Å²) >= 11 is 0. The van der Waals surface area contributed by atoms with E-state index in [1.54, 1.807) is 18.1 Å². The number of rotatable bonds is 7. The van der Waals surface area contributed by atoms with E-state index >= 15 is 0 Å². The van der Waals surface area contributed by atoms with Gasteiger partial charge in [0.15, 0.2) is 11.5 Å². The molecule has 2 N–H and O–H groups in total. The summed E-state index contributed by atoms with van der Waals surface area (Å²) in [5, 5.41) is 13.6. The quantitative estimate of drug-likeness (QED) is 0.689. The van der Waals surface area contributed by atoms with E-state index in [2.05, 4.69) is 11.2 Å². The molecule has 2 amide bonds. The fourth-order valence-electron chi connectivity index (χ4n) is 3.69. The molecule has 3 rings (SSSR count). The smallest absolute Gasteiger partial charge is 0.317 e. The van der Waals surface area contributed by atoms with Crippen LogP contribution in [0.2, 0.25) is 0 Å². The van der Waals surface area contributed by atoms with Crippen molar-refractivity contribution in [2.24, 2.45) is 5.92 Å². The van der Waals surface area contributed by atoms with Crippen LogP contribution in [0.3, 0.4) is 0 Å². The third kappa shape index (κ3) is 5.46. The molecule has 1 fully saturated rings. The Bertz CT molecular complexity index is 871. The maximum Gasteiger partial charge on any atom is 0.317 e. The lowest BCUT2D eigenvalue weighted by Crippen LogP contribution is -2.44. The second-order valence-electron chi connectivity index (χ2n) is 7.32. The number of piperidine rings is 1. The number of amides is 2. The largest absolute Gasteiger partial charge is 0.493 e. The van der Waals surface area contributed by atoms with E-state index < -0.39 is 6.10 Å². The van der Waals surface area contributed by atoms with Crippen LogP contribution in [0.4, 0.5) is 4.79 Å². The van der Waals surface area contributed by atoms with E-state index in [1.807, 2.05) is 42.5 Å². The number of terminal acetylenes is 1. The molecule has 6 nitrogen and oxygen atoms in total. The second-order valence-corrected chi connectivity index (χ2v) is 7.32. The lowest BCUT2D eigenvalue weighted by atomic mass is 9.87. The van der Waals surface area contributed by atoms with Gasteiger partial charge in [-0.15, -0.1) is 6.42 Å². The summed E-state index contributed by atoms with van der Waals surface area (Å²) in [5.74, 6) is 3.74. The number of aliphatic hydroxyl groups is 1. The number of urea groups is 1. The number of benzene rings is 2. The molecule has 6 heteroatoms. The Hall–Kier alpha value is -3.17. The van der Waals surface area contributed by atoms with E-state index in [0.717, 1.165) is 24.0 Å². The lowest BCUT2D eigenvalue weighted by molar-refractivity contribution is 0.0665. The van der Waals surface area contributed by atoms with Gasteiger partial charge in [-0.2, -0.15) is 0 Å². The number of nitrogens with zero attached hydrogens (tertiary/aromatic N) is 1. The van der Waals surface area contributed by atoms with Crippen molar-refractivity contribution in [1.82, 2.24) is 10.2 Å². The standard InChI is InChI=1S/C24H28N2O4/c1-3-15-30-22-16-18(9-10-21(22)29-2)17-25-24(28)26-13-11-20(12-14-26)23(27)19-7-5-4-6-8-19/h1,4-10,16,20,23,27H,11-15,17H2,2H3,(H,25,28). The maximum atomic E-state index is 12.6. The number of hydrogen-bond donors (Lipinski definition) is 2. The third-order valence-electron chi connectivity index (χ3n) is 5.40. The van der Waals surface area contributed by atoms with Crippen molar-refractivity contribution in [2.45, 2.75) is 25.5 Å². The molecule has 0 radical (unpaired) electrons. The van der Waals surface area contributed by atoms with Crippen LogP contribution in [0.1, 0.15) is 30.1 Å². The van der Waals surface area contributed by atoms with Gasteiger partial charge in [0.05, 0.1) is 13.2 Å². The van der Waals surface area contributed by atoms with Crippen molar-refractivity contribution in [3.8, 4) is 23.8 Å². The molecule has 1 unspecified atom stereocenters. The first-order valence-corrected chi connectivity index (χ1v) is 10.1. The number of carbonyl (C=O) groups excluding carboxylic acids is 1. The molecule has 1 heterocycles. The molecular weight excluding hydrogens is 380 g/mol. The highest BCUT2D eigenvalue weighted by atomic mass is 16.5. The number of methoxy groups -OCH3 is 1. The van der Waals surface area contributed by atoms with Crippen LogP contribution < -0.4 is 14.8 Å². The summed E-state index contributed by atoms with van der Waals surface area (Å²) in [7, 11) is 1.57. The summed E-state index contributed by atoms with van der Waals surface area (Å²) in [6.45, 7) is 1.77. The predicted molar refractivity (Wildman–Crippen MR) is 115 cm³/mol. The zero-order valence-corrected chi connectivity index (χ0v) is 17.2. The molecule has 0 bridgehead atoms. The van der Waals surface area contributed by atoms with Gasteiger partial charge in [0.25, 0.3) is 0 Å². The van der Waals surface area contributed by atoms with Crippen LogP contribution in [0.5, 0.6) is 11.5 Å². The van der Waals surface area contributed by atoms with Crippen molar-refractivity contribution >= 4 is 6.03 Å². The van der Waals surface area contributed by atoms with Gasteiger partial charge in [-0.1, -0.05) is 42.3 Å². The highest BCUT2D eigenvalue weighted by Gasteiger charge is 2.28. The van der Waals surface area contributed by atoms with Gasteiger partial charge < -0.3 is 24.8 Å². The van der Waals surface area contributed by atoms with Crippen molar-refractivity contribution in [3.05, 3.63) is 59.7 Å². The van der Waals surface area contributed by atoms with Gasteiger partial charge in [0, 0.05) is 19.6 Å². The molecule has 30 heavy (non-hydrogen) atoms. The van der Waals surface area contributed by atoms with Gasteiger partial charge in [0.1, 0.15) is 6.61 Å². The minimum atomic E-state index is -0.489. The number of nitrogens with one attached hydrogen (secondary N) is 1. The topological polar surface area (TPSA) is 71.0 Å². The molecule has 2 aromatic rings. The molecular formula is C24H28N2O4. The molecule has 0 aliphatic carbocycles. The van der Waals surface area contributed by atoms with Crippen LogP contribution >= 0.6 is 0 Å². The highest BCUT2D eigenvalue weighted by Crippen LogP contribution is 2.31. The average Bonchev–Trinajstić information content (AvgIpc) is 2.81. The SMILES string of the molecule is C#CCOc1cc(CNC(=O)N2CCC(C(O)c3ccccc3)CC2)ccc1OC. The van der Waals surface area contributed by atoms with E-state index in [0.29, 0.717) is 31.1 Å². The number of carbonyl (C=O) groups is 1. The second kappa shape index (κ2) is 10.6. The molecule has 158 valence electrons. The molecule has 0 aromatic heterocycles. The Labute approximate surface area is 177 Å². The predicted octanol–water partition coefficient (Wildman–Crippen LogP) is 3.36. The number of hydrogen-bond acceptors (Lipinski definition) is 4. The molecule has 0 spiro atoms. The summed E-state index contributed by atoms with van der Waals surface area (Å²) in [6, 6.07) is 15.1. The molecule has 2 aromatic carbocycles. The zero-order chi connectivity index (χ0) is 21.3. The monoisotopic (exact) mass is 408 g/mol. The summed E-state index contributed by atoms with van der Waals surface area (Å²) in [6.07, 6.45) is 6.31. The number of aliphatic hydroxyl groups excluding tert-OH is 1. The van der Waals surface area contributed by atoms with E-state index in [-0.39, 0.29) is 18.6 Å². The Morgan fingerprint density at radius 1 is 1.23 bits per heavy atom. The van der Waals surface area contributed by atoms with Crippen LogP contribution in [0, 0.1) is 18.3 Å². The van der Waals surface area contributed by atoms with Gasteiger partial charge in [-0.05, 0) is 42.0 Å². The fourth-order valence-corrected chi connectivity index (χ4v) is 3.69. The Morgan fingerprint density at radius 3 is 2.63 bits per heavy atom. The normalized spacial score (nSPS) is 15.2. The van der Waals surface area contributed by atoms with E-state index in [4.69, 9.17) is 15.9 Å². The Morgan fingerprint density at radius 2 is 1.97 bits per heavy atom. The number of likely N-dealkylation sites (tertiary alicyclic amines) is 1. The van der Waals surface area contributed by atoms with Crippen LogP contribution in [-0.2, 0) is 6.54 Å². The van der Waals surface area contributed by atoms with Crippen LogP contribution in [0.25, 0.3) is 0 Å². The Kier molecular flexibility index (Phi) is 7.58. The van der Waals surface area contributed by atoms with Gasteiger partial charge >= 0.3 is 6.03 Å². The molecule has 1 aliphatic rings. The van der Waals surface area contributed by atoms with Crippen LogP contribution in [0.15, 0.2) is 48.5 Å². The van der Waals surface area contributed by atoms with Gasteiger partial charge in [-0.3, -0.25) is 0 Å². The van der Waals surface area contributed by atoms with Crippen molar-refractivity contribution in [1.29, 1.82) is 0 Å². The summed E-state index contributed by atoms with van der Waals surface area (Å²) < 4.78 is 10.8. The summed E-state index contributed by atoms with van der Waals surface area (Å²) in [5.41, 5.74) is 1.83. The van der Waals surface area contributed by atoms with Crippen LogP contribution in [-0.4, -0.2) is 42.8 Å². The summed E-state index contributed by atoms with van der Waals surface area (Å²) in [4.78, 5) is 14.4. The molecule has 1 aliphatic heterocycles. The first-order valence-electron chi connectivity index (χ1n) is 10.1. The average molecular weight is 408 g/mol. The first-order chi connectivity index (χ1) is 14.6. The molecule has 0 saturated carbocycles. The number of ether oxygens (including phenoxy) is 2. The van der Waals surface area contributed by atoms with Crippen molar-refractivity contribution in [2.75, 3.05) is 26.8 Å². The van der Waals surface area contributed by atoms with Gasteiger partial charge in [0.2, 0.25) is 0 Å². The minimum absolute atomic E-state index is 0.107. The maximum absolute atomic E-state index is 12.6. The first kappa shape index (κ1) is 21.5.